The molecule has 2 rings (SSSR count). The zero-order valence-corrected chi connectivity index (χ0v) is 16.9. The first-order chi connectivity index (χ1) is 12.9. The van der Waals surface area contributed by atoms with Crippen molar-refractivity contribution >= 4 is 27.7 Å². The molecular formula is C17H21N3O7S. The maximum absolute atomic E-state index is 12.3. The van der Waals surface area contributed by atoms with Gasteiger partial charge < -0.3 is 9.87 Å². The van der Waals surface area contributed by atoms with Gasteiger partial charge in [-0.1, -0.05) is 18.2 Å². The van der Waals surface area contributed by atoms with Crippen molar-refractivity contribution in [2.45, 2.75) is 20.8 Å². The predicted molar refractivity (Wildman–Crippen MR) is 99.6 cm³/mol. The van der Waals surface area contributed by atoms with Crippen LogP contribution in [-0.2, 0) is 21.6 Å². The topological polar surface area (TPSA) is 143 Å². The molecule has 0 aliphatic heterocycles. The summed E-state index contributed by atoms with van der Waals surface area (Å²) >= 11 is 0. The zero-order valence-electron chi connectivity index (χ0n) is 16.0. The van der Waals surface area contributed by atoms with Crippen LogP contribution >= 0.6 is 0 Å². The van der Waals surface area contributed by atoms with Crippen molar-refractivity contribution in [2.75, 3.05) is 12.4 Å². The molecule has 1 N–H and O–H groups in total. The van der Waals surface area contributed by atoms with Gasteiger partial charge in [0.05, 0.1) is 17.6 Å². The average Bonchev–Trinajstić information content (AvgIpc) is 2.64. The number of hydrogen-bond donors (Lipinski definition) is 1. The van der Waals surface area contributed by atoms with Gasteiger partial charge in [-0.2, -0.15) is 4.57 Å². The summed E-state index contributed by atoms with van der Waals surface area (Å²) in [5.41, 5.74) is 2.79. The average molecular weight is 411 g/mol. The minimum Gasteiger partial charge on any atom is -0.726 e. The molecule has 0 atom stereocenters. The van der Waals surface area contributed by atoms with Gasteiger partial charge in [0.25, 0.3) is 11.6 Å². The van der Waals surface area contributed by atoms with Gasteiger partial charge in [0, 0.05) is 19.4 Å². The SMILES string of the molecule is COS(=O)(=O)[O-].Cc1c(NC(=O)c2ccccc2)c(C)[n+](C)c(C)c1[N+](=O)[O-]. The van der Waals surface area contributed by atoms with Crippen molar-refractivity contribution in [2.24, 2.45) is 7.05 Å². The summed E-state index contributed by atoms with van der Waals surface area (Å²) < 4.78 is 32.7. The fourth-order valence-corrected chi connectivity index (χ4v) is 2.47. The highest BCUT2D eigenvalue weighted by Crippen LogP contribution is 2.29. The number of amides is 1. The van der Waals surface area contributed by atoms with Crippen molar-refractivity contribution < 1.29 is 31.4 Å². The van der Waals surface area contributed by atoms with Crippen molar-refractivity contribution in [3.63, 3.8) is 0 Å². The van der Waals surface area contributed by atoms with Gasteiger partial charge in [0.2, 0.25) is 16.1 Å². The summed E-state index contributed by atoms with van der Waals surface area (Å²) in [5.74, 6) is -0.287. The smallest absolute Gasteiger partial charge is 0.340 e. The molecule has 0 aliphatic rings. The molecule has 0 spiro atoms. The molecule has 0 saturated heterocycles. The van der Waals surface area contributed by atoms with E-state index in [1.54, 1.807) is 49.7 Å². The van der Waals surface area contributed by atoms with Crippen LogP contribution in [0.15, 0.2) is 30.3 Å². The Bertz CT molecular complexity index is 990. The number of hydrogen-bond acceptors (Lipinski definition) is 7. The van der Waals surface area contributed by atoms with Crippen LogP contribution in [-0.4, -0.2) is 30.9 Å². The highest BCUT2D eigenvalue weighted by molar-refractivity contribution is 7.80. The predicted octanol–water partition coefficient (Wildman–Crippen LogP) is 1.69. The number of carbonyl (C=O) groups excluding carboxylic acids is 1. The maximum atomic E-state index is 12.3. The summed E-state index contributed by atoms with van der Waals surface area (Å²) in [4.78, 5) is 23.2. The number of carbonyl (C=O) groups is 1. The Morgan fingerprint density at radius 3 is 2.07 bits per heavy atom. The van der Waals surface area contributed by atoms with Gasteiger partial charge >= 0.3 is 5.69 Å². The number of anilines is 1. The number of benzene rings is 1. The third-order valence-corrected chi connectivity index (χ3v) is 4.51. The van der Waals surface area contributed by atoms with Crippen molar-refractivity contribution in [3.05, 3.63) is 63.0 Å². The lowest BCUT2D eigenvalue weighted by molar-refractivity contribution is -0.685. The standard InChI is InChI=1S/C16H17N3O3.CH4O4S/c1-10-14(17-16(20)13-8-6-5-7-9-13)11(2)18(4)12(3)15(10)19(21)22;1-5-6(2,3)4/h5-9H,1-4H3;1H3,(H,2,3,4). The second-order valence-corrected chi connectivity index (χ2v) is 6.88. The number of pyridine rings is 1. The molecule has 152 valence electrons. The molecule has 1 aromatic carbocycles. The highest BCUT2D eigenvalue weighted by Gasteiger charge is 2.30. The van der Waals surface area contributed by atoms with E-state index in [2.05, 4.69) is 9.50 Å². The van der Waals surface area contributed by atoms with Crippen LogP contribution in [0.3, 0.4) is 0 Å². The van der Waals surface area contributed by atoms with Crippen LogP contribution in [0, 0.1) is 30.9 Å². The summed E-state index contributed by atoms with van der Waals surface area (Å²) in [6, 6.07) is 8.76. The third kappa shape index (κ3) is 5.81. The minimum atomic E-state index is -4.41. The van der Waals surface area contributed by atoms with Gasteiger partial charge in [-0.25, -0.2) is 8.42 Å². The maximum Gasteiger partial charge on any atom is 0.340 e. The van der Waals surface area contributed by atoms with E-state index in [0.29, 0.717) is 22.5 Å². The Balaban J connectivity index is 0.000000568. The normalized spacial score (nSPS) is 10.6. The summed E-state index contributed by atoms with van der Waals surface area (Å²) in [5, 5.41) is 14.1. The lowest BCUT2D eigenvalue weighted by atomic mass is 10.1. The molecule has 0 aliphatic carbocycles. The van der Waals surface area contributed by atoms with Gasteiger partial charge in [-0.05, 0) is 19.1 Å². The summed E-state index contributed by atoms with van der Waals surface area (Å²) in [7, 11) is -1.86. The van der Waals surface area contributed by atoms with Crippen LogP contribution in [0.25, 0.3) is 0 Å². The first-order valence-electron chi connectivity index (χ1n) is 7.92. The Kier molecular flexibility index (Phi) is 7.73. The van der Waals surface area contributed by atoms with E-state index in [4.69, 9.17) is 0 Å². The molecule has 28 heavy (non-hydrogen) atoms. The Morgan fingerprint density at radius 1 is 1.14 bits per heavy atom. The third-order valence-electron chi connectivity index (χ3n) is 4.10. The molecule has 0 saturated carbocycles. The molecule has 0 fully saturated rings. The van der Waals surface area contributed by atoms with E-state index >= 15 is 0 Å². The van der Waals surface area contributed by atoms with Crippen LogP contribution in [0.1, 0.15) is 27.3 Å². The minimum absolute atomic E-state index is 0.0245. The molecule has 1 amide bonds. The number of rotatable bonds is 4. The molecule has 2 aromatic rings. The molecule has 0 radical (unpaired) electrons. The first-order valence-corrected chi connectivity index (χ1v) is 9.26. The number of nitro groups is 1. The Hall–Kier alpha value is -2.89. The molecule has 0 bridgehead atoms. The molecule has 1 aromatic heterocycles. The first kappa shape index (κ1) is 23.1. The molecule has 0 unspecified atom stereocenters. The van der Waals surface area contributed by atoms with Gasteiger partial charge in [-0.15, -0.1) is 0 Å². The fourth-order valence-electron chi connectivity index (χ4n) is 2.47. The van der Waals surface area contributed by atoms with E-state index in [-0.39, 0.29) is 11.6 Å². The zero-order chi connectivity index (χ0) is 21.6. The van der Waals surface area contributed by atoms with E-state index < -0.39 is 15.3 Å². The van der Waals surface area contributed by atoms with Crippen LogP contribution in [0.5, 0.6) is 0 Å². The molecule has 10 nitrogen and oxygen atoms in total. The van der Waals surface area contributed by atoms with Gasteiger partial charge in [0.15, 0.2) is 0 Å². The van der Waals surface area contributed by atoms with Crippen molar-refractivity contribution in [1.29, 1.82) is 0 Å². The number of nitrogens with one attached hydrogen (secondary N) is 1. The number of nitrogens with zero attached hydrogens (tertiary/aromatic N) is 2. The number of aromatic nitrogens is 1. The summed E-state index contributed by atoms with van der Waals surface area (Å²) in [6.07, 6.45) is 0. The largest absolute Gasteiger partial charge is 0.726 e. The van der Waals surface area contributed by atoms with Crippen molar-refractivity contribution in [1.82, 2.24) is 0 Å². The van der Waals surface area contributed by atoms with Crippen LogP contribution in [0.2, 0.25) is 0 Å². The van der Waals surface area contributed by atoms with Crippen molar-refractivity contribution in [3.8, 4) is 0 Å². The molecular weight excluding hydrogens is 390 g/mol. The highest BCUT2D eigenvalue weighted by atomic mass is 32.3. The molecule has 1 heterocycles. The van der Waals surface area contributed by atoms with Gasteiger partial charge in [-0.3, -0.25) is 19.1 Å². The monoisotopic (exact) mass is 411 g/mol. The van der Waals surface area contributed by atoms with E-state index in [1.165, 1.54) is 0 Å². The summed E-state index contributed by atoms with van der Waals surface area (Å²) in [6.45, 7) is 5.17. The lowest BCUT2D eigenvalue weighted by Gasteiger charge is -2.12. The fraction of sp³-hybridized carbons (Fsp3) is 0.294. The van der Waals surface area contributed by atoms with E-state index in [9.17, 15) is 27.9 Å². The lowest BCUT2D eigenvalue weighted by Crippen LogP contribution is -2.38. The van der Waals surface area contributed by atoms with Crippen LogP contribution < -0.4 is 9.88 Å². The van der Waals surface area contributed by atoms with E-state index in [0.717, 1.165) is 12.8 Å². The van der Waals surface area contributed by atoms with E-state index in [1.807, 2.05) is 13.0 Å². The second kappa shape index (κ2) is 9.35. The second-order valence-electron chi connectivity index (χ2n) is 5.73. The Labute approximate surface area is 162 Å². The van der Waals surface area contributed by atoms with Gasteiger partial charge in [0.1, 0.15) is 12.7 Å². The van der Waals surface area contributed by atoms with Crippen LogP contribution in [0.4, 0.5) is 11.4 Å². The molecule has 11 heteroatoms. The quantitative estimate of drug-likeness (QED) is 0.265. The Morgan fingerprint density at radius 2 is 1.64 bits per heavy atom.